The fraction of sp³-hybridized carbons (Fsp3) is 0.250. The smallest absolute Gasteiger partial charge is 0.122 e. The molecular weight excluding hydrogens is 251 g/mol. The Morgan fingerprint density at radius 3 is 3.09 bits per heavy atom. The number of hydrogen-bond acceptors (Lipinski definition) is 2. The second-order valence-electron chi connectivity index (χ2n) is 2.65. The maximum Gasteiger partial charge on any atom is 0.122 e. The van der Waals surface area contributed by atoms with Crippen LogP contribution >= 0.6 is 22.9 Å². The van der Waals surface area contributed by atoms with Gasteiger partial charge in [-0.05, 0) is 13.0 Å². The molecule has 0 saturated heterocycles. The van der Waals surface area contributed by atoms with Crippen LogP contribution in [-0.2, 0) is 0 Å². The van der Waals surface area contributed by atoms with E-state index in [0.29, 0.717) is 0 Å². The fourth-order valence-corrected chi connectivity index (χ4v) is 2.14. The number of halogens is 1. The number of allylic oxidation sites excluding steroid dienone is 3. The highest BCUT2D eigenvalue weighted by molar-refractivity contribution is 14.1. The molecule has 0 bridgehead atoms. The van der Waals surface area contributed by atoms with Crippen LogP contribution in [0.4, 0.5) is 0 Å². The van der Waals surface area contributed by atoms with Gasteiger partial charge in [-0.15, -0.1) is 0 Å². The van der Waals surface area contributed by atoms with E-state index in [-0.39, 0.29) is 0 Å². The van der Waals surface area contributed by atoms with Gasteiger partial charge in [-0.1, -0.05) is 12.2 Å². The van der Waals surface area contributed by atoms with Gasteiger partial charge in [-0.3, -0.25) is 3.11 Å². The Kier molecular flexibility index (Phi) is 1.67. The van der Waals surface area contributed by atoms with Crippen LogP contribution in [0.15, 0.2) is 35.9 Å². The largest absolute Gasteiger partial charge is 0.326 e. The average molecular weight is 260 g/mol. The molecule has 0 amide bonds. The highest BCUT2D eigenvalue weighted by Crippen LogP contribution is 2.30. The molecule has 3 heteroatoms. The van der Waals surface area contributed by atoms with E-state index in [1.54, 1.807) is 0 Å². The summed E-state index contributed by atoms with van der Waals surface area (Å²) in [6.07, 6.45) is 8.53. The standard InChI is InChI=1S/C8H9IN2/c1-7-6-11(9)8-4-2-3-5-10(7)8/h2-4,6H,5H2,1H3. The van der Waals surface area contributed by atoms with E-state index in [9.17, 15) is 0 Å². The fourth-order valence-electron chi connectivity index (χ4n) is 1.31. The topological polar surface area (TPSA) is 6.48 Å². The van der Waals surface area contributed by atoms with Crippen LogP contribution in [0.2, 0.25) is 0 Å². The van der Waals surface area contributed by atoms with Gasteiger partial charge in [0.05, 0.1) is 22.9 Å². The van der Waals surface area contributed by atoms with Crippen LogP contribution in [0.5, 0.6) is 0 Å². The van der Waals surface area contributed by atoms with Crippen LogP contribution in [0.25, 0.3) is 0 Å². The van der Waals surface area contributed by atoms with Crippen molar-refractivity contribution in [1.29, 1.82) is 0 Å². The quantitative estimate of drug-likeness (QED) is 0.486. The molecule has 2 heterocycles. The molecule has 0 aromatic heterocycles. The summed E-state index contributed by atoms with van der Waals surface area (Å²) in [5.74, 6) is 1.27. The van der Waals surface area contributed by atoms with E-state index in [1.165, 1.54) is 11.5 Å². The minimum absolute atomic E-state index is 1.01. The van der Waals surface area contributed by atoms with E-state index in [4.69, 9.17) is 0 Å². The summed E-state index contributed by atoms with van der Waals surface area (Å²) >= 11 is 2.29. The summed E-state index contributed by atoms with van der Waals surface area (Å²) in [7, 11) is 0. The van der Waals surface area contributed by atoms with Gasteiger partial charge in [0, 0.05) is 18.4 Å². The predicted molar refractivity (Wildman–Crippen MR) is 53.5 cm³/mol. The molecule has 2 rings (SSSR count). The van der Waals surface area contributed by atoms with E-state index < -0.39 is 0 Å². The van der Waals surface area contributed by atoms with Gasteiger partial charge in [-0.25, -0.2) is 0 Å². The highest BCUT2D eigenvalue weighted by Gasteiger charge is 2.22. The molecule has 58 valence electrons. The molecule has 0 aliphatic carbocycles. The van der Waals surface area contributed by atoms with Gasteiger partial charge in [0.1, 0.15) is 5.82 Å². The van der Waals surface area contributed by atoms with E-state index in [1.807, 2.05) is 0 Å². The third-order valence-electron chi connectivity index (χ3n) is 1.89. The van der Waals surface area contributed by atoms with Gasteiger partial charge in [0.2, 0.25) is 0 Å². The van der Waals surface area contributed by atoms with Crippen LogP contribution in [-0.4, -0.2) is 14.6 Å². The normalized spacial score (nSPS) is 21.6. The molecular formula is C8H9IN2. The van der Waals surface area contributed by atoms with Gasteiger partial charge < -0.3 is 4.90 Å². The molecule has 2 nitrogen and oxygen atoms in total. The van der Waals surface area contributed by atoms with Crippen molar-refractivity contribution >= 4 is 22.9 Å². The second-order valence-corrected chi connectivity index (χ2v) is 3.68. The third kappa shape index (κ3) is 1.07. The predicted octanol–water partition coefficient (Wildman–Crippen LogP) is 2.23. The third-order valence-corrected chi connectivity index (χ3v) is 2.66. The lowest BCUT2D eigenvalue weighted by molar-refractivity contribution is 0.453. The minimum Gasteiger partial charge on any atom is -0.326 e. The van der Waals surface area contributed by atoms with Crippen LogP contribution in [0.3, 0.4) is 0 Å². The van der Waals surface area contributed by atoms with Crippen molar-refractivity contribution in [3.63, 3.8) is 0 Å². The van der Waals surface area contributed by atoms with Crippen molar-refractivity contribution < 1.29 is 0 Å². The van der Waals surface area contributed by atoms with Crippen molar-refractivity contribution in [2.24, 2.45) is 0 Å². The summed E-state index contributed by atoms with van der Waals surface area (Å²) in [5, 5.41) is 0. The summed E-state index contributed by atoms with van der Waals surface area (Å²) in [6.45, 7) is 3.14. The number of fused-ring (bicyclic) bond motifs is 1. The first-order chi connectivity index (χ1) is 5.29. The van der Waals surface area contributed by atoms with Gasteiger partial charge in [0.15, 0.2) is 0 Å². The molecule has 0 radical (unpaired) electrons. The lowest BCUT2D eigenvalue weighted by atomic mass is 10.3. The Balaban J connectivity index is 2.35. The summed E-state index contributed by atoms with van der Waals surface area (Å²) in [5.41, 5.74) is 1.31. The highest BCUT2D eigenvalue weighted by atomic mass is 127. The molecule has 11 heavy (non-hydrogen) atoms. The van der Waals surface area contributed by atoms with Crippen LogP contribution < -0.4 is 0 Å². The number of nitrogens with zero attached hydrogens (tertiary/aromatic N) is 2. The van der Waals surface area contributed by atoms with Gasteiger partial charge in [-0.2, -0.15) is 0 Å². The Hall–Kier alpha value is -0.450. The molecule has 2 aliphatic rings. The van der Waals surface area contributed by atoms with Crippen molar-refractivity contribution in [3.05, 3.63) is 35.9 Å². The Labute approximate surface area is 80.4 Å². The number of rotatable bonds is 0. The molecule has 0 N–H and O–H groups in total. The van der Waals surface area contributed by atoms with Gasteiger partial charge >= 0.3 is 0 Å². The minimum atomic E-state index is 1.01. The van der Waals surface area contributed by atoms with E-state index in [0.717, 1.165) is 6.54 Å². The zero-order chi connectivity index (χ0) is 7.84. The molecule has 0 fully saturated rings. The van der Waals surface area contributed by atoms with Crippen LogP contribution in [0.1, 0.15) is 6.92 Å². The van der Waals surface area contributed by atoms with E-state index >= 15 is 0 Å². The summed E-state index contributed by atoms with van der Waals surface area (Å²) < 4.78 is 2.12. The first kappa shape index (κ1) is 7.21. The van der Waals surface area contributed by atoms with Crippen molar-refractivity contribution in [1.82, 2.24) is 8.01 Å². The molecule has 0 aromatic rings. The molecule has 0 unspecified atom stereocenters. The van der Waals surface area contributed by atoms with Gasteiger partial charge in [0.25, 0.3) is 0 Å². The second kappa shape index (κ2) is 2.55. The SMILES string of the molecule is CC1=CN(I)C2=CC=CCN12. The Bertz CT molecular complexity index is 265. The first-order valence-corrected chi connectivity index (χ1v) is 4.53. The van der Waals surface area contributed by atoms with E-state index in [2.05, 4.69) is 62.2 Å². The maximum absolute atomic E-state index is 2.29. The average Bonchev–Trinajstić information content (AvgIpc) is 2.30. The van der Waals surface area contributed by atoms with Crippen molar-refractivity contribution in [3.8, 4) is 0 Å². The zero-order valence-corrected chi connectivity index (χ0v) is 8.45. The first-order valence-electron chi connectivity index (χ1n) is 3.57. The molecule has 0 atom stereocenters. The Morgan fingerprint density at radius 1 is 1.55 bits per heavy atom. The summed E-state index contributed by atoms with van der Waals surface area (Å²) in [6, 6.07) is 0. The summed E-state index contributed by atoms with van der Waals surface area (Å²) in [4.78, 5) is 2.28. The number of hydrogen-bond donors (Lipinski definition) is 0. The molecule has 0 saturated carbocycles. The zero-order valence-electron chi connectivity index (χ0n) is 6.29. The van der Waals surface area contributed by atoms with Crippen molar-refractivity contribution in [2.75, 3.05) is 6.54 Å². The lowest BCUT2D eigenvalue weighted by Crippen LogP contribution is -2.21. The molecule has 0 spiro atoms. The van der Waals surface area contributed by atoms with Crippen LogP contribution in [0, 0.1) is 0 Å². The maximum atomic E-state index is 2.29. The van der Waals surface area contributed by atoms with Crippen molar-refractivity contribution in [2.45, 2.75) is 6.92 Å². The molecule has 0 aromatic carbocycles. The molecule has 2 aliphatic heterocycles. The monoisotopic (exact) mass is 260 g/mol. The Morgan fingerprint density at radius 2 is 2.36 bits per heavy atom. The lowest BCUT2D eigenvalue weighted by Gasteiger charge is -2.23.